The van der Waals surface area contributed by atoms with E-state index in [1.54, 1.807) is 18.2 Å². The minimum absolute atomic E-state index is 0.0357. The molecule has 0 aliphatic rings. The van der Waals surface area contributed by atoms with Crippen LogP contribution in [0.3, 0.4) is 0 Å². The molecule has 8 heteroatoms. The van der Waals surface area contributed by atoms with E-state index in [9.17, 15) is 4.79 Å². The van der Waals surface area contributed by atoms with Gasteiger partial charge in [0.1, 0.15) is 5.02 Å². The van der Waals surface area contributed by atoms with Crippen molar-refractivity contribution in [2.45, 2.75) is 0 Å². The second kappa shape index (κ2) is 6.28. The molecular formula is C13H12Cl2N3O3+. The molecule has 0 fully saturated rings. The summed E-state index contributed by atoms with van der Waals surface area (Å²) in [5.41, 5.74) is 8.25. The Morgan fingerprint density at radius 2 is 2.10 bits per heavy atom. The third kappa shape index (κ3) is 3.08. The molecule has 0 bridgehead atoms. The van der Waals surface area contributed by atoms with E-state index < -0.39 is 5.97 Å². The first-order valence-electron chi connectivity index (χ1n) is 5.79. The lowest BCUT2D eigenvalue weighted by Crippen LogP contribution is -2.73. The highest BCUT2D eigenvalue weighted by atomic mass is 35.5. The SMILES string of the molecule is COC(=O)c1nc(-c2ccc(Cl)c([NH2+]O)c2)cc(N)c1Cl. The van der Waals surface area contributed by atoms with Crippen LogP contribution in [-0.4, -0.2) is 23.3 Å². The van der Waals surface area contributed by atoms with E-state index in [0.29, 0.717) is 22.0 Å². The Morgan fingerprint density at radius 1 is 1.38 bits per heavy atom. The summed E-state index contributed by atoms with van der Waals surface area (Å²) in [6, 6.07) is 6.42. The Kier molecular flexibility index (Phi) is 4.64. The Bertz CT molecular complexity index is 707. The van der Waals surface area contributed by atoms with Crippen molar-refractivity contribution in [1.82, 2.24) is 4.98 Å². The van der Waals surface area contributed by atoms with Gasteiger partial charge in [-0.2, -0.15) is 5.48 Å². The van der Waals surface area contributed by atoms with Gasteiger partial charge in [0.15, 0.2) is 11.4 Å². The molecule has 0 aliphatic carbocycles. The van der Waals surface area contributed by atoms with E-state index in [2.05, 4.69) is 9.72 Å². The Labute approximate surface area is 130 Å². The minimum atomic E-state index is -0.684. The number of halogens is 2. The standard InChI is InChI=1S/C13H11Cl2N3O3/c1-21-13(19)12-11(15)8(16)5-9(17-12)6-2-3-7(14)10(4-6)18-20/h2-5,18,20H,1H3,(H2,16,17)/p+1. The van der Waals surface area contributed by atoms with Gasteiger partial charge < -0.3 is 10.5 Å². The van der Waals surface area contributed by atoms with Gasteiger partial charge in [-0.15, -0.1) is 0 Å². The lowest BCUT2D eigenvalue weighted by molar-refractivity contribution is -0.825. The molecule has 110 valence electrons. The quantitative estimate of drug-likeness (QED) is 0.454. The maximum atomic E-state index is 11.7. The van der Waals surface area contributed by atoms with E-state index in [0.717, 1.165) is 5.48 Å². The molecule has 1 aromatic heterocycles. The molecule has 1 aromatic carbocycles. The van der Waals surface area contributed by atoms with E-state index in [1.807, 2.05) is 0 Å². The second-order valence-corrected chi connectivity index (χ2v) is 4.90. The molecule has 2 aromatic rings. The molecule has 0 amide bonds. The van der Waals surface area contributed by atoms with Crippen LogP contribution in [-0.2, 0) is 4.74 Å². The number of anilines is 1. The van der Waals surface area contributed by atoms with Crippen molar-refractivity contribution in [1.29, 1.82) is 0 Å². The van der Waals surface area contributed by atoms with E-state index in [1.165, 1.54) is 13.2 Å². The molecular weight excluding hydrogens is 317 g/mol. The fraction of sp³-hybridized carbons (Fsp3) is 0.0769. The van der Waals surface area contributed by atoms with Crippen LogP contribution in [0.15, 0.2) is 24.3 Å². The summed E-state index contributed by atoms with van der Waals surface area (Å²) in [6.45, 7) is 0. The van der Waals surface area contributed by atoms with Crippen LogP contribution in [0.5, 0.6) is 0 Å². The smallest absolute Gasteiger partial charge is 0.358 e. The Hall–Kier alpha value is -1.86. The lowest BCUT2D eigenvalue weighted by Gasteiger charge is -2.09. The van der Waals surface area contributed by atoms with Gasteiger partial charge in [-0.1, -0.05) is 29.3 Å². The third-order valence-electron chi connectivity index (χ3n) is 2.80. The Balaban J connectivity index is 2.59. The van der Waals surface area contributed by atoms with Gasteiger partial charge in [0.25, 0.3) is 0 Å². The number of methoxy groups -OCH3 is 1. The number of rotatable bonds is 3. The number of hydrogen-bond acceptors (Lipinski definition) is 5. The van der Waals surface area contributed by atoms with Crippen LogP contribution in [0.1, 0.15) is 10.5 Å². The van der Waals surface area contributed by atoms with Gasteiger partial charge >= 0.3 is 5.97 Å². The van der Waals surface area contributed by atoms with Gasteiger partial charge in [-0.25, -0.2) is 15.0 Å². The predicted octanol–water partition coefficient (Wildman–Crippen LogP) is 2.01. The number of esters is 1. The first-order chi connectivity index (χ1) is 9.97. The lowest BCUT2D eigenvalue weighted by atomic mass is 10.1. The number of nitrogens with two attached hydrogens (primary N) is 2. The zero-order chi connectivity index (χ0) is 15.6. The summed E-state index contributed by atoms with van der Waals surface area (Å²) in [5, 5.41) is 9.54. The molecule has 6 nitrogen and oxygen atoms in total. The molecule has 0 saturated heterocycles. The molecule has 2 rings (SSSR count). The van der Waals surface area contributed by atoms with Gasteiger partial charge in [-0.05, 0) is 12.1 Å². The van der Waals surface area contributed by atoms with Crippen LogP contribution in [0.25, 0.3) is 11.3 Å². The monoisotopic (exact) mass is 328 g/mol. The highest BCUT2D eigenvalue weighted by Gasteiger charge is 2.18. The number of nitrogens with zero attached hydrogens (tertiary/aromatic N) is 1. The molecule has 0 aliphatic heterocycles. The van der Waals surface area contributed by atoms with E-state index >= 15 is 0 Å². The summed E-state index contributed by atoms with van der Waals surface area (Å²) in [7, 11) is 1.23. The topological polar surface area (TPSA) is 102 Å². The van der Waals surface area contributed by atoms with Crippen LogP contribution >= 0.6 is 23.2 Å². The molecule has 0 radical (unpaired) electrons. The van der Waals surface area contributed by atoms with Crippen LogP contribution in [0, 0.1) is 0 Å². The average Bonchev–Trinajstić information content (AvgIpc) is 2.49. The number of nitrogen functional groups attached to an aromatic ring is 1. The number of ether oxygens (including phenoxy) is 1. The maximum Gasteiger partial charge on any atom is 0.358 e. The minimum Gasteiger partial charge on any atom is -0.464 e. The van der Waals surface area contributed by atoms with Gasteiger partial charge in [0.2, 0.25) is 0 Å². The summed E-state index contributed by atoms with van der Waals surface area (Å²) < 4.78 is 4.62. The fourth-order valence-electron chi connectivity index (χ4n) is 1.73. The number of hydrogen-bond donors (Lipinski definition) is 3. The zero-order valence-electron chi connectivity index (χ0n) is 10.9. The van der Waals surface area contributed by atoms with Crippen molar-refractivity contribution >= 4 is 40.5 Å². The maximum absolute atomic E-state index is 11.7. The molecule has 1 heterocycles. The highest BCUT2D eigenvalue weighted by molar-refractivity contribution is 6.35. The molecule has 21 heavy (non-hydrogen) atoms. The number of carbonyl (C=O) groups is 1. The van der Waals surface area contributed by atoms with Crippen molar-refractivity contribution in [3.05, 3.63) is 40.0 Å². The molecule has 0 saturated carbocycles. The predicted molar refractivity (Wildman–Crippen MR) is 78.8 cm³/mol. The number of carbonyl (C=O) groups excluding carboxylic acids is 1. The first kappa shape index (κ1) is 15.5. The molecule has 5 N–H and O–H groups in total. The number of pyridine rings is 1. The van der Waals surface area contributed by atoms with E-state index in [-0.39, 0.29) is 16.4 Å². The first-order valence-corrected chi connectivity index (χ1v) is 6.55. The third-order valence-corrected chi connectivity index (χ3v) is 3.54. The summed E-state index contributed by atoms with van der Waals surface area (Å²) >= 11 is 11.9. The molecule has 0 atom stereocenters. The summed E-state index contributed by atoms with van der Waals surface area (Å²) in [5.74, 6) is -0.684. The van der Waals surface area contributed by atoms with E-state index in [4.69, 9.17) is 34.1 Å². The van der Waals surface area contributed by atoms with Crippen molar-refractivity contribution < 1.29 is 20.2 Å². The van der Waals surface area contributed by atoms with Crippen molar-refractivity contribution in [2.75, 3.05) is 12.8 Å². The Morgan fingerprint density at radius 3 is 2.71 bits per heavy atom. The molecule has 0 spiro atoms. The van der Waals surface area contributed by atoms with Crippen molar-refractivity contribution in [3.63, 3.8) is 0 Å². The van der Waals surface area contributed by atoms with Crippen molar-refractivity contribution in [3.8, 4) is 11.3 Å². The van der Waals surface area contributed by atoms with Crippen LogP contribution < -0.4 is 11.2 Å². The summed E-state index contributed by atoms with van der Waals surface area (Å²) in [6.07, 6.45) is 0. The second-order valence-electron chi connectivity index (χ2n) is 4.12. The van der Waals surface area contributed by atoms with Gasteiger partial charge in [-0.3, -0.25) is 0 Å². The number of benzene rings is 1. The highest BCUT2D eigenvalue weighted by Crippen LogP contribution is 2.30. The number of aromatic nitrogens is 1. The van der Waals surface area contributed by atoms with Crippen molar-refractivity contribution in [2.24, 2.45) is 0 Å². The van der Waals surface area contributed by atoms with Crippen LogP contribution in [0.2, 0.25) is 10.0 Å². The fourth-order valence-corrected chi connectivity index (χ4v) is 2.07. The van der Waals surface area contributed by atoms with Gasteiger partial charge in [0.05, 0.1) is 23.5 Å². The van der Waals surface area contributed by atoms with Gasteiger partial charge in [0, 0.05) is 11.6 Å². The largest absolute Gasteiger partial charge is 0.464 e. The normalized spacial score (nSPS) is 10.5. The summed E-state index contributed by atoms with van der Waals surface area (Å²) in [4.78, 5) is 15.8. The average molecular weight is 329 g/mol. The molecule has 0 unspecified atom stereocenters. The number of quaternary nitrogens is 1. The van der Waals surface area contributed by atoms with Crippen LogP contribution in [0.4, 0.5) is 11.4 Å². The zero-order valence-corrected chi connectivity index (χ0v) is 12.4.